The fraction of sp³-hybridized carbons (Fsp3) is 0.417. The highest BCUT2D eigenvalue weighted by Crippen LogP contribution is 2.20. The maximum Gasteiger partial charge on any atom is 0.265 e. The molecule has 3 rings (SSSR count). The molecular formula is C24H30N2O4. The monoisotopic (exact) mass is 410 g/mol. The van der Waals surface area contributed by atoms with E-state index in [0.29, 0.717) is 23.6 Å². The molecular weight excluding hydrogens is 380 g/mol. The number of anilines is 1. The topological polar surface area (TPSA) is 76.7 Å². The lowest BCUT2D eigenvalue weighted by Crippen LogP contribution is -2.36. The van der Waals surface area contributed by atoms with Gasteiger partial charge in [-0.2, -0.15) is 0 Å². The molecule has 6 nitrogen and oxygen atoms in total. The van der Waals surface area contributed by atoms with Crippen LogP contribution in [-0.2, 0) is 4.79 Å². The van der Waals surface area contributed by atoms with E-state index in [1.165, 1.54) is 19.3 Å². The number of rotatable bonds is 8. The minimum Gasteiger partial charge on any atom is -0.494 e. The SMILES string of the molecule is CCOc1ccc(NC(=O)[C@@H](C)Oc2ccc(C(=O)NC3CCCCC3)cc2)cc1. The third-order valence-corrected chi connectivity index (χ3v) is 5.17. The average Bonchev–Trinajstić information content (AvgIpc) is 2.76. The van der Waals surface area contributed by atoms with Crippen molar-refractivity contribution in [3.63, 3.8) is 0 Å². The second kappa shape index (κ2) is 10.7. The summed E-state index contributed by atoms with van der Waals surface area (Å²) >= 11 is 0. The van der Waals surface area contributed by atoms with E-state index in [-0.39, 0.29) is 17.9 Å². The van der Waals surface area contributed by atoms with Gasteiger partial charge in [0.15, 0.2) is 6.10 Å². The van der Waals surface area contributed by atoms with E-state index in [4.69, 9.17) is 9.47 Å². The molecule has 0 radical (unpaired) electrons. The van der Waals surface area contributed by atoms with Gasteiger partial charge in [-0.15, -0.1) is 0 Å². The summed E-state index contributed by atoms with van der Waals surface area (Å²) in [5.74, 6) is 0.985. The first kappa shape index (κ1) is 21.7. The molecule has 0 heterocycles. The standard InChI is InChI=1S/C24H30N2O4/c1-3-29-21-15-11-20(12-16-21)25-23(27)17(2)30-22-13-9-18(10-14-22)24(28)26-19-7-5-4-6-8-19/h9-17,19H,3-8H2,1-2H3,(H,25,27)(H,26,28)/t17-/m1/s1. The van der Waals surface area contributed by atoms with E-state index in [2.05, 4.69) is 10.6 Å². The Labute approximate surface area is 178 Å². The molecule has 0 spiro atoms. The number of amides is 2. The molecule has 0 bridgehead atoms. The molecule has 1 aliphatic rings. The first-order chi connectivity index (χ1) is 14.5. The van der Waals surface area contributed by atoms with Gasteiger partial charge in [0.25, 0.3) is 11.8 Å². The number of hydrogen-bond acceptors (Lipinski definition) is 4. The predicted molar refractivity (Wildman–Crippen MR) is 117 cm³/mol. The summed E-state index contributed by atoms with van der Waals surface area (Å²) in [4.78, 5) is 24.8. The summed E-state index contributed by atoms with van der Waals surface area (Å²) in [6, 6.07) is 14.4. The van der Waals surface area contributed by atoms with Crippen molar-refractivity contribution in [3.8, 4) is 11.5 Å². The molecule has 1 aliphatic carbocycles. The molecule has 1 saturated carbocycles. The minimum atomic E-state index is -0.682. The molecule has 160 valence electrons. The van der Waals surface area contributed by atoms with Gasteiger partial charge in [-0.1, -0.05) is 19.3 Å². The van der Waals surface area contributed by atoms with E-state index in [1.54, 1.807) is 43.3 Å². The molecule has 0 aliphatic heterocycles. The quantitative estimate of drug-likeness (QED) is 0.669. The zero-order chi connectivity index (χ0) is 21.3. The Morgan fingerprint density at radius 3 is 2.23 bits per heavy atom. The highest BCUT2D eigenvalue weighted by Gasteiger charge is 2.18. The Morgan fingerprint density at radius 1 is 0.967 bits per heavy atom. The third-order valence-electron chi connectivity index (χ3n) is 5.17. The van der Waals surface area contributed by atoms with E-state index in [1.807, 2.05) is 19.1 Å². The van der Waals surface area contributed by atoms with Gasteiger partial charge in [-0.25, -0.2) is 0 Å². The number of nitrogens with one attached hydrogen (secondary N) is 2. The second-order valence-corrected chi connectivity index (χ2v) is 7.54. The lowest BCUT2D eigenvalue weighted by Gasteiger charge is -2.22. The van der Waals surface area contributed by atoms with Crippen molar-refractivity contribution in [1.82, 2.24) is 5.32 Å². The van der Waals surface area contributed by atoms with Crippen molar-refractivity contribution in [2.45, 2.75) is 58.1 Å². The molecule has 1 fully saturated rings. The number of ether oxygens (including phenoxy) is 2. The van der Waals surface area contributed by atoms with Gasteiger partial charge in [-0.05, 0) is 75.2 Å². The minimum absolute atomic E-state index is 0.0604. The fourth-order valence-corrected chi connectivity index (χ4v) is 3.50. The largest absolute Gasteiger partial charge is 0.494 e. The van der Waals surface area contributed by atoms with Gasteiger partial charge in [0.1, 0.15) is 11.5 Å². The van der Waals surface area contributed by atoms with Crippen molar-refractivity contribution in [3.05, 3.63) is 54.1 Å². The Bertz CT molecular complexity index is 827. The maximum atomic E-state index is 12.4. The second-order valence-electron chi connectivity index (χ2n) is 7.54. The summed E-state index contributed by atoms with van der Waals surface area (Å²) < 4.78 is 11.1. The third kappa shape index (κ3) is 6.24. The Hall–Kier alpha value is -3.02. The maximum absolute atomic E-state index is 12.4. The smallest absolute Gasteiger partial charge is 0.265 e. The number of carbonyl (C=O) groups is 2. The molecule has 2 aromatic rings. The predicted octanol–water partition coefficient (Wildman–Crippen LogP) is 4.55. The zero-order valence-corrected chi connectivity index (χ0v) is 17.6. The van der Waals surface area contributed by atoms with E-state index >= 15 is 0 Å². The van der Waals surface area contributed by atoms with Gasteiger partial charge in [-0.3, -0.25) is 9.59 Å². The summed E-state index contributed by atoms with van der Waals surface area (Å²) in [6.45, 7) is 4.20. The van der Waals surface area contributed by atoms with E-state index < -0.39 is 6.10 Å². The molecule has 2 amide bonds. The molecule has 1 atom stereocenters. The lowest BCUT2D eigenvalue weighted by atomic mass is 9.95. The van der Waals surface area contributed by atoms with Crippen LogP contribution in [0.1, 0.15) is 56.3 Å². The highest BCUT2D eigenvalue weighted by atomic mass is 16.5. The summed E-state index contributed by atoms with van der Waals surface area (Å²) in [6.07, 6.45) is 5.02. The van der Waals surface area contributed by atoms with Crippen LogP contribution in [0.2, 0.25) is 0 Å². The molecule has 30 heavy (non-hydrogen) atoms. The zero-order valence-electron chi connectivity index (χ0n) is 17.6. The molecule has 2 aromatic carbocycles. The highest BCUT2D eigenvalue weighted by molar-refractivity contribution is 5.95. The Kier molecular flexibility index (Phi) is 7.71. The first-order valence-electron chi connectivity index (χ1n) is 10.7. The summed E-state index contributed by atoms with van der Waals surface area (Å²) in [7, 11) is 0. The number of benzene rings is 2. The van der Waals surface area contributed by atoms with Crippen molar-refractivity contribution in [1.29, 1.82) is 0 Å². The van der Waals surface area contributed by atoms with Crippen LogP contribution < -0.4 is 20.1 Å². The van der Waals surface area contributed by atoms with Crippen molar-refractivity contribution < 1.29 is 19.1 Å². The fourth-order valence-electron chi connectivity index (χ4n) is 3.50. The lowest BCUT2D eigenvalue weighted by molar-refractivity contribution is -0.122. The number of hydrogen-bond donors (Lipinski definition) is 2. The van der Waals surface area contributed by atoms with E-state index in [9.17, 15) is 9.59 Å². The van der Waals surface area contributed by atoms with Crippen LogP contribution >= 0.6 is 0 Å². The van der Waals surface area contributed by atoms with Gasteiger partial charge in [0.2, 0.25) is 0 Å². The number of carbonyl (C=O) groups excluding carboxylic acids is 2. The molecule has 0 aromatic heterocycles. The molecule has 0 saturated heterocycles. The summed E-state index contributed by atoms with van der Waals surface area (Å²) in [5.41, 5.74) is 1.27. The Morgan fingerprint density at radius 2 is 1.60 bits per heavy atom. The van der Waals surface area contributed by atoms with Crippen LogP contribution in [0.15, 0.2) is 48.5 Å². The van der Waals surface area contributed by atoms with Gasteiger partial charge >= 0.3 is 0 Å². The van der Waals surface area contributed by atoms with Crippen LogP contribution in [0.5, 0.6) is 11.5 Å². The van der Waals surface area contributed by atoms with Crippen LogP contribution in [0.25, 0.3) is 0 Å². The van der Waals surface area contributed by atoms with Gasteiger partial charge < -0.3 is 20.1 Å². The van der Waals surface area contributed by atoms with Crippen molar-refractivity contribution in [2.24, 2.45) is 0 Å². The van der Waals surface area contributed by atoms with Crippen molar-refractivity contribution in [2.75, 3.05) is 11.9 Å². The normalized spacial score (nSPS) is 15.1. The Balaban J connectivity index is 1.50. The van der Waals surface area contributed by atoms with Gasteiger partial charge in [0, 0.05) is 17.3 Å². The van der Waals surface area contributed by atoms with Crippen LogP contribution in [0.3, 0.4) is 0 Å². The van der Waals surface area contributed by atoms with Crippen LogP contribution in [0, 0.1) is 0 Å². The van der Waals surface area contributed by atoms with Gasteiger partial charge in [0.05, 0.1) is 6.61 Å². The first-order valence-corrected chi connectivity index (χ1v) is 10.7. The van der Waals surface area contributed by atoms with Crippen molar-refractivity contribution >= 4 is 17.5 Å². The van der Waals surface area contributed by atoms with Crippen LogP contribution in [0.4, 0.5) is 5.69 Å². The average molecular weight is 411 g/mol. The van der Waals surface area contributed by atoms with E-state index in [0.717, 1.165) is 18.6 Å². The molecule has 2 N–H and O–H groups in total. The summed E-state index contributed by atoms with van der Waals surface area (Å²) in [5, 5.41) is 5.92. The van der Waals surface area contributed by atoms with Crippen LogP contribution in [-0.4, -0.2) is 30.6 Å². The molecule has 0 unspecified atom stereocenters. The molecule has 6 heteroatoms.